The topological polar surface area (TPSA) is 83.5 Å². The number of carbonyl (C=O) groups excluding carboxylic acids is 1. The molecular formula is C14H12FNO4S. The van der Waals surface area contributed by atoms with Crippen LogP contribution in [-0.4, -0.2) is 19.4 Å². The summed E-state index contributed by atoms with van der Waals surface area (Å²) in [7, 11) is -4.96. The van der Waals surface area contributed by atoms with E-state index >= 15 is 0 Å². The van der Waals surface area contributed by atoms with E-state index in [9.17, 15) is 22.2 Å². The monoisotopic (exact) mass is 309 g/mol. The Labute approximate surface area is 121 Å². The van der Waals surface area contributed by atoms with Gasteiger partial charge in [0, 0.05) is 0 Å². The number of aromatic hydroxyl groups is 1. The van der Waals surface area contributed by atoms with Crippen LogP contribution in [0.2, 0.25) is 0 Å². The lowest BCUT2D eigenvalue weighted by molar-refractivity contribution is 0.102. The average molecular weight is 309 g/mol. The van der Waals surface area contributed by atoms with Crippen molar-refractivity contribution in [2.45, 2.75) is 11.8 Å². The normalized spacial score (nSPS) is 11.1. The third-order valence-corrected chi connectivity index (χ3v) is 3.68. The molecule has 0 saturated heterocycles. The smallest absolute Gasteiger partial charge is 0.334 e. The number of halogens is 1. The third-order valence-electron chi connectivity index (χ3n) is 2.79. The zero-order valence-electron chi connectivity index (χ0n) is 11.0. The van der Waals surface area contributed by atoms with Crippen molar-refractivity contribution in [1.29, 1.82) is 0 Å². The summed E-state index contributed by atoms with van der Waals surface area (Å²) in [4.78, 5) is 11.4. The first-order valence-corrected chi connectivity index (χ1v) is 7.32. The molecule has 0 unspecified atom stereocenters. The van der Waals surface area contributed by atoms with E-state index in [4.69, 9.17) is 0 Å². The lowest BCUT2D eigenvalue weighted by Crippen LogP contribution is -2.14. The molecule has 21 heavy (non-hydrogen) atoms. The molecular weight excluding hydrogens is 297 g/mol. The fourth-order valence-electron chi connectivity index (χ4n) is 1.80. The molecule has 0 aliphatic rings. The van der Waals surface area contributed by atoms with Crippen LogP contribution in [0.1, 0.15) is 15.9 Å². The van der Waals surface area contributed by atoms with Crippen molar-refractivity contribution in [2.75, 3.05) is 5.32 Å². The Morgan fingerprint density at radius 1 is 1.19 bits per heavy atom. The second kappa shape index (κ2) is 5.53. The van der Waals surface area contributed by atoms with Gasteiger partial charge in [0.05, 0.1) is 11.3 Å². The first-order valence-electron chi connectivity index (χ1n) is 5.93. The van der Waals surface area contributed by atoms with E-state index in [0.717, 1.165) is 11.6 Å². The second-order valence-electron chi connectivity index (χ2n) is 4.41. The average Bonchev–Trinajstić information content (AvgIpc) is 2.41. The van der Waals surface area contributed by atoms with Crippen molar-refractivity contribution in [2.24, 2.45) is 0 Å². The Morgan fingerprint density at radius 3 is 2.52 bits per heavy atom. The number of phenols is 1. The summed E-state index contributed by atoms with van der Waals surface area (Å²) in [6, 6.07) is 9.51. The van der Waals surface area contributed by atoms with Crippen LogP contribution in [-0.2, 0) is 10.2 Å². The number of anilines is 1. The van der Waals surface area contributed by atoms with Crippen molar-refractivity contribution >= 4 is 21.8 Å². The Hall–Kier alpha value is -2.41. The van der Waals surface area contributed by atoms with Crippen LogP contribution < -0.4 is 5.32 Å². The van der Waals surface area contributed by atoms with Crippen molar-refractivity contribution in [1.82, 2.24) is 0 Å². The zero-order chi connectivity index (χ0) is 15.6. The van der Waals surface area contributed by atoms with Crippen molar-refractivity contribution < 1.29 is 22.2 Å². The van der Waals surface area contributed by atoms with Gasteiger partial charge in [-0.05, 0) is 31.2 Å². The lowest BCUT2D eigenvalue weighted by atomic mass is 10.1. The predicted molar refractivity (Wildman–Crippen MR) is 75.5 cm³/mol. The van der Waals surface area contributed by atoms with E-state index < -0.39 is 21.0 Å². The molecule has 1 amide bonds. The van der Waals surface area contributed by atoms with Crippen molar-refractivity contribution in [3.05, 3.63) is 53.6 Å². The van der Waals surface area contributed by atoms with E-state index in [-0.39, 0.29) is 17.0 Å². The van der Waals surface area contributed by atoms with Gasteiger partial charge in [-0.3, -0.25) is 4.79 Å². The maximum atomic E-state index is 13.1. The molecule has 0 aliphatic carbocycles. The van der Waals surface area contributed by atoms with Crippen LogP contribution >= 0.6 is 0 Å². The quantitative estimate of drug-likeness (QED) is 0.854. The summed E-state index contributed by atoms with van der Waals surface area (Å²) in [5.41, 5.74) is 0.524. The SMILES string of the molecule is Cc1ccc(O)c(C(=O)Nc2ccccc2S(=O)(=O)F)c1. The number of amides is 1. The molecule has 0 spiro atoms. The molecule has 0 saturated carbocycles. The molecule has 110 valence electrons. The van der Waals surface area contributed by atoms with Gasteiger partial charge in [-0.25, -0.2) is 0 Å². The number of benzene rings is 2. The van der Waals surface area contributed by atoms with Crippen LogP contribution in [0.5, 0.6) is 5.75 Å². The van der Waals surface area contributed by atoms with Gasteiger partial charge in [-0.1, -0.05) is 23.8 Å². The first-order chi connectivity index (χ1) is 9.79. The maximum absolute atomic E-state index is 13.1. The molecule has 2 aromatic rings. The number of carbonyl (C=O) groups is 1. The van der Waals surface area contributed by atoms with Gasteiger partial charge in [0.1, 0.15) is 10.6 Å². The van der Waals surface area contributed by atoms with Crippen LogP contribution in [0, 0.1) is 6.92 Å². The van der Waals surface area contributed by atoms with E-state index in [2.05, 4.69) is 5.32 Å². The van der Waals surface area contributed by atoms with E-state index in [1.54, 1.807) is 13.0 Å². The minimum Gasteiger partial charge on any atom is -0.507 e. The molecule has 0 fully saturated rings. The second-order valence-corrected chi connectivity index (χ2v) is 5.72. The van der Waals surface area contributed by atoms with E-state index in [0.29, 0.717) is 0 Å². The van der Waals surface area contributed by atoms with Gasteiger partial charge in [-0.15, -0.1) is 3.89 Å². The highest BCUT2D eigenvalue weighted by atomic mass is 32.3. The number of nitrogens with one attached hydrogen (secondary N) is 1. The summed E-state index contributed by atoms with van der Waals surface area (Å²) in [6.07, 6.45) is 0. The molecule has 0 atom stereocenters. The highest BCUT2D eigenvalue weighted by molar-refractivity contribution is 7.86. The number of hydrogen-bond donors (Lipinski definition) is 2. The zero-order valence-corrected chi connectivity index (χ0v) is 11.8. The minimum atomic E-state index is -4.96. The number of phenolic OH excluding ortho intramolecular Hbond substituents is 1. The molecule has 0 heterocycles. The first kappa shape index (κ1) is 15.0. The Bertz CT molecular complexity index is 802. The summed E-state index contributed by atoms with van der Waals surface area (Å²) < 4.78 is 35.2. The summed E-state index contributed by atoms with van der Waals surface area (Å²) in [5.74, 6) is -0.981. The molecule has 7 heteroatoms. The van der Waals surface area contributed by atoms with Crippen LogP contribution in [0.3, 0.4) is 0 Å². The summed E-state index contributed by atoms with van der Waals surface area (Å²) in [6.45, 7) is 1.73. The van der Waals surface area contributed by atoms with Crippen LogP contribution in [0.4, 0.5) is 9.57 Å². The fourth-order valence-corrected chi connectivity index (χ4v) is 2.43. The van der Waals surface area contributed by atoms with Gasteiger partial charge in [0.25, 0.3) is 5.91 Å². The molecule has 5 nitrogen and oxygen atoms in total. The largest absolute Gasteiger partial charge is 0.507 e. The molecule has 0 radical (unpaired) electrons. The van der Waals surface area contributed by atoms with Gasteiger partial charge >= 0.3 is 10.2 Å². The highest BCUT2D eigenvalue weighted by Crippen LogP contribution is 2.25. The summed E-state index contributed by atoms with van der Waals surface area (Å²) in [5, 5.41) is 11.9. The lowest BCUT2D eigenvalue weighted by Gasteiger charge is -2.10. The third kappa shape index (κ3) is 3.38. The van der Waals surface area contributed by atoms with Crippen molar-refractivity contribution in [3.8, 4) is 5.75 Å². The molecule has 0 aliphatic heterocycles. The Kier molecular flexibility index (Phi) is 3.95. The number of hydrogen-bond acceptors (Lipinski definition) is 4. The highest BCUT2D eigenvalue weighted by Gasteiger charge is 2.19. The number of aryl methyl sites for hydroxylation is 1. The minimum absolute atomic E-state index is 0.0268. The molecule has 2 aromatic carbocycles. The fraction of sp³-hybridized carbons (Fsp3) is 0.0714. The van der Waals surface area contributed by atoms with Gasteiger partial charge in [0.2, 0.25) is 0 Å². The maximum Gasteiger partial charge on any atom is 0.334 e. The van der Waals surface area contributed by atoms with E-state index in [1.165, 1.54) is 30.3 Å². The Balaban J connectivity index is 2.39. The predicted octanol–water partition coefficient (Wildman–Crippen LogP) is 2.61. The van der Waals surface area contributed by atoms with Gasteiger partial charge < -0.3 is 10.4 Å². The molecule has 2 N–H and O–H groups in total. The molecule has 0 bridgehead atoms. The number of para-hydroxylation sites is 1. The molecule has 2 rings (SSSR count). The van der Waals surface area contributed by atoms with Crippen molar-refractivity contribution in [3.63, 3.8) is 0 Å². The molecule has 0 aromatic heterocycles. The van der Waals surface area contributed by atoms with Gasteiger partial charge in [0.15, 0.2) is 0 Å². The van der Waals surface area contributed by atoms with E-state index in [1.807, 2.05) is 0 Å². The number of rotatable bonds is 3. The van der Waals surface area contributed by atoms with Crippen LogP contribution in [0.15, 0.2) is 47.4 Å². The van der Waals surface area contributed by atoms with Gasteiger partial charge in [-0.2, -0.15) is 8.42 Å². The summed E-state index contributed by atoms with van der Waals surface area (Å²) >= 11 is 0. The van der Waals surface area contributed by atoms with Crippen LogP contribution in [0.25, 0.3) is 0 Å². The Morgan fingerprint density at radius 2 is 1.86 bits per heavy atom. The standard InChI is InChI=1S/C14H12FNO4S/c1-9-6-7-12(17)10(8-9)14(18)16-11-4-2-3-5-13(11)21(15,19)20/h2-8,17H,1H3,(H,16,18).